The molecule has 0 unspecified atom stereocenters. The summed E-state index contributed by atoms with van der Waals surface area (Å²) < 4.78 is 1.69. The van der Waals surface area contributed by atoms with Gasteiger partial charge in [0.2, 0.25) is 5.28 Å². The van der Waals surface area contributed by atoms with Crippen LogP contribution in [0.2, 0.25) is 15.6 Å². The first kappa shape index (κ1) is 9.06. The summed E-state index contributed by atoms with van der Waals surface area (Å²) in [6.07, 6.45) is 0. The van der Waals surface area contributed by atoms with Gasteiger partial charge in [0, 0.05) is 13.1 Å². The molecule has 0 spiro atoms. The van der Waals surface area contributed by atoms with E-state index in [9.17, 15) is 0 Å². The Morgan fingerprint density at radius 1 is 1.23 bits per heavy atom. The summed E-state index contributed by atoms with van der Waals surface area (Å²) in [5.41, 5.74) is 1.34. The molecule has 0 aliphatic carbocycles. The van der Waals surface area contributed by atoms with Crippen molar-refractivity contribution in [2.24, 2.45) is 7.05 Å². The maximum atomic E-state index is 5.82. The predicted molar refractivity (Wildman–Crippen MR) is 53.5 cm³/mol. The highest BCUT2D eigenvalue weighted by atomic mass is 35.5. The number of aromatic nitrogens is 3. The van der Waals surface area contributed by atoms with E-state index >= 15 is 0 Å². The van der Waals surface area contributed by atoms with Crippen molar-refractivity contribution in [3.05, 3.63) is 21.7 Å². The van der Waals surface area contributed by atoms with E-state index in [0.717, 1.165) is 5.52 Å². The molecule has 0 aromatic carbocycles. The van der Waals surface area contributed by atoms with Gasteiger partial charge in [-0.1, -0.05) is 23.2 Å². The molecule has 0 aliphatic rings. The summed E-state index contributed by atoms with van der Waals surface area (Å²) in [5.74, 6) is 0. The molecular formula is C7H4Cl3N3. The summed E-state index contributed by atoms with van der Waals surface area (Å²) >= 11 is 17.3. The Morgan fingerprint density at radius 3 is 2.62 bits per heavy atom. The number of aryl methyl sites for hydroxylation is 1. The minimum Gasteiger partial charge on any atom is -0.318 e. The lowest BCUT2D eigenvalue weighted by atomic mass is 10.4. The van der Waals surface area contributed by atoms with Gasteiger partial charge >= 0.3 is 0 Å². The SMILES string of the molecule is Cn1c(Cl)nc2c(Cl)nc(Cl)cc21. The summed E-state index contributed by atoms with van der Waals surface area (Å²) in [6.45, 7) is 0. The molecule has 2 aromatic rings. The lowest BCUT2D eigenvalue weighted by molar-refractivity contribution is 0.948. The zero-order valence-corrected chi connectivity index (χ0v) is 8.82. The average Bonchev–Trinajstić information content (AvgIpc) is 2.32. The summed E-state index contributed by atoms with van der Waals surface area (Å²) in [4.78, 5) is 7.88. The Hall–Kier alpha value is -0.510. The lowest BCUT2D eigenvalue weighted by Crippen LogP contribution is -1.87. The van der Waals surface area contributed by atoms with Gasteiger partial charge in [-0.3, -0.25) is 0 Å². The maximum Gasteiger partial charge on any atom is 0.203 e. The van der Waals surface area contributed by atoms with Crippen LogP contribution in [0.4, 0.5) is 0 Å². The van der Waals surface area contributed by atoms with Crippen molar-refractivity contribution in [2.45, 2.75) is 0 Å². The highest BCUT2D eigenvalue weighted by Gasteiger charge is 2.10. The molecule has 13 heavy (non-hydrogen) atoms. The van der Waals surface area contributed by atoms with E-state index in [2.05, 4.69) is 9.97 Å². The van der Waals surface area contributed by atoms with E-state index in [-0.39, 0.29) is 5.15 Å². The fourth-order valence-corrected chi connectivity index (χ4v) is 1.73. The molecule has 2 aromatic heterocycles. The molecule has 0 saturated carbocycles. The van der Waals surface area contributed by atoms with Crippen LogP contribution in [-0.2, 0) is 7.05 Å². The fraction of sp³-hybridized carbons (Fsp3) is 0.143. The second kappa shape index (κ2) is 3.01. The van der Waals surface area contributed by atoms with Crippen LogP contribution in [0.1, 0.15) is 0 Å². The minimum atomic E-state index is 0.269. The molecule has 3 nitrogen and oxygen atoms in total. The van der Waals surface area contributed by atoms with Crippen molar-refractivity contribution in [3.8, 4) is 0 Å². The molecule has 2 heterocycles. The van der Waals surface area contributed by atoms with Gasteiger partial charge in [0.1, 0.15) is 10.7 Å². The zero-order valence-electron chi connectivity index (χ0n) is 6.55. The van der Waals surface area contributed by atoms with Crippen LogP contribution in [0.5, 0.6) is 0 Å². The molecule has 6 heteroatoms. The maximum absolute atomic E-state index is 5.82. The Morgan fingerprint density at radius 2 is 1.92 bits per heavy atom. The van der Waals surface area contributed by atoms with Crippen LogP contribution in [0.15, 0.2) is 6.07 Å². The van der Waals surface area contributed by atoms with Gasteiger partial charge in [-0.25, -0.2) is 9.97 Å². The molecule has 0 saturated heterocycles. The fourth-order valence-electron chi connectivity index (χ4n) is 1.09. The highest BCUT2D eigenvalue weighted by Crippen LogP contribution is 2.26. The topological polar surface area (TPSA) is 30.7 Å². The van der Waals surface area contributed by atoms with Gasteiger partial charge in [-0.05, 0) is 11.6 Å². The van der Waals surface area contributed by atoms with Gasteiger partial charge in [-0.15, -0.1) is 0 Å². The quantitative estimate of drug-likeness (QED) is 0.659. The molecule has 0 N–H and O–H groups in total. The zero-order chi connectivity index (χ0) is 9.59. The third-order valence-corrected chi connectivity index (χ3v) is 2.54. The van der Waals surface area contributed by atoms with Crippen molar-refractivity contribution >= 4 is 45.8 Å². The third-order valence-electron chi connectivity index (χ3n) is 1.74. The standard InChI is InChI=1S/C7H4Cl3N3/c1-13-3-2-4(8)11-6(9)5(3)12-7(13)10/h2H,1H3. The largest absolute Gasteiger partial charge is 0.318 e. The van der Waals surface area contributed by atoms with E-state index in [0.29, 0.717) is 16.0 Å². The monoisotopic (exact) mass is 235 g/mol. The Labute approximate surface area is 89.2 Å². The first-order valence-electron chi connectivity index (χ1n) is 3.43. The Bertz CT molecular complexity index is 477. The lowest BCUT2D eigenvalue weighted by Gasteiger charge is -1.96. The minimum absolute atomic E-state index is 0.269. The second-order valence-corrected chi connectivity index (χ2v) is 3.63. The number of hydrogen-bond acceptors (Lipinski definition) is 2. The first-order chi connectivity index (χ1) is 6.09. The Kier molecular flexibility index (Phi) is 2.10. The number of imidazole rings is 1. The van der Waals surface area contributed by atoms with Crippen molar-refractivity contribution < 1.29 is 0 Å². The van der Waals surface area contributed by atoms with Crippen LogP contribution in [0.3, 0.4) is 0 Å². The summed E-state index contributed by atoms with van der Waals surface area (Å²) in [6, 6.07) is 1.67. The Balaban J connectivity index is 2.94. The number of hydrogen-bond donors (Lipinski definition) is 0. The molecule has 68 valence electrons. The van der Waals surface area contributed by atoms with Crippen LogP contribution < -0.4 is 0 Å². The molecule has 0 fully saturated rings. The van der Waals surface area contributed by atoms with Crippen molar-refractivity contribution in [3.63, 3.8) is 0 Å². The van der Waals surface area contributed by atoms with Crippen molar-refractivity contribution in [1.82, 2.24) is 14.5 Å². The second-order valence-electron chi connectivity index (χ2n) is 2.54. The predicted octanol–water partition coefficient (Wildman–Crippen LogP) is 2.93. The molecular weight excluding hydrogens is 232 g/mol. The normalized spacial score (nSPS) is 11.1. The molecule has 0 radical (unpaired) electrons. The molecule has 2 rings (SSSR count). The number of pyridine rings is 1. The summed E-state index contributed by atoms with van der Waals surface area (Å²) in [7, 11) is 1.78. The van der Waals surface area contributed by atoms with E-state index in [1.165, 1.54) is 0 Å². The molecule has 0 atom stereocenters. The van der Waals surface area contributed by atoms with E-state index in [1.54, 1.807) is 17.7 Å². The van der Waals surface area contributed by atoms with Gasteiger partial charge in [0.15, 0.2) is 5.15 Å². The third kappa shape index (κ3) is 1.37. The van der Waals surface area contributed by atoms with Gasteiger partial charge in [0.25, 0.3) is 0 Å². The van der Waals surface area contributed by atoms with E-state index < -0.39 is 0 Å². The van der Waals surface area contributed by atoms with Crippen LogP contribution in [0.25, 0.3) is 11.0 Å². The molecule has 0 bridgehead atoms. The smallest absolute Gasteiger partial charge is 0.203 e. The van der Waals surface area contributed by atoms with Gasteiger partial charge in [-0.2, -0.15) is 0 Å². The van der Waals surface area contributed by atoms with E-state index in [1.807, 2.05) is 0 Å². The van der Waals surface area contributed by atoms with Gasteiger partial charge < -0.3 is 4.57 Å². The highest BCUT2D eigenvalue weighted by molar-refractivity contribution is 6.36. The summed E-state index contributed by atoms with van der Waals surface area (Å²) in [5, 5.41) is 0.961. The molecule has 0 amide bonds. The van der Waals surface area contributed by atoms with Crippen LogP contribution in [0, 0.1) is 0 Å². The molecule has 0 aliphatic heterocycles. The number of rotatable bonds is 0. The number of halogens is 3. The van der Waals surface area contributed by atoms with Crippen LogP contribution in [-0.4, -0.2) is 14.5 Å². The van der Waals surface area contributed by atoms with Crippen molar-refractivity contribution in [1.29, 1.82) is 0 Å². The first-order valence-corrected chi connectivity index (χ1v) is 4.57. The van der Waals surface area contributed by atoms with Crippen molar-refractivity contribution in [2.75, 3.05) is 0 Å². The van der Waals surface area contributed by atoms with E-state index in [4.69, 9.17) is 34.8 Å². The number of nitrogens with zero attached hydrogens (tertiary/aromatic N) is 3. The van der Waals surface area contributed by atoms with Gasteiger partial charge in [0.05, 0.1) is 5.52 Å². The average molecular weight is 236 g/mol. The number of fused-ring (bicyclic) bond motifs is 1. The van der Waals surface area contributed by atoms with Crippen LogP contribution >= 0.6 is 34.8 Å².